The molecule has 7 nitrogen and oxygen atoms in total. The van der Waals surface area contributed by atoms with E-state index in [9.17, 15) is 14.4 Å². The molecule has 3 fully saturated rings. The zero-order valence-corrected chi connectivity index (χ0v) is 24.0. The van der Waals surface area contributed by atoms with E-state index in [0.29, 0.717) is 27.6 Å². The minimum atomic E-state index is -1.22. The SMILES string of the molecule is C[C@@H]1[C@H](C)CCC[C@@H]1NC(=O)[C@@H]1N(Cc2ccc(Cl)cc2)C(=O)[C@H]2[C@H](C(=O)Nc3ccc(Cl)cc3)[C@H]3C=C[C@@]12O3. The first-order valence-corrected chi connectivity index (χ1v) is 14.7. The summed E-state index contributed by atoms with van der Waals surface area (Å²) in [5.41, 5.74) is 0.199. The minimum absolute atomic E-state index is 0.0192. The Morgan fingerprint density at radius 2 is 1.68 bits per heavy atom. The third-order valence-electron chi connectivity index (χ3n) is 9.34. The van der Waals surface area contributed by atoms with Gasteiger partial charge in [-0.05, 0) is 60.2 Å². The number of ether oxygens (including phenoxy) is 1. The van der Waals surface area contributed by atoms with Crippen molar-refractivity contribution in [2.75, 3.05) is 5.32 Å². The molecule has 1 saturated carbocycles. The Hall–Kier alpha value is -2.87. The molecule has 210 valence electrons. The van der Waals surface area contributed by atoms with Crippen LogP contribution < -0.4 is 10.6 Å². The maximum atomic E-state index is 14.2. The van der Waals surface area contributed by atoms with Crippen molar-refractivity contribution < 1.29 is 19.1 Å². The molecule has 1 aliphatic carbocycles. The van der Waals surface area contributed by atoms with E-state index in [4.69, 9.17) is 27.9 Å². The first-order valence-electron chi connectivity index (χ1n) is 14.0. The van der Waals surface area contributed by atoms with Crippen LogP contribution in [-0.2, 0) is 25.7 Å². The fourth-order valence-electron chi connectivity index (χ4n) is 7.03. The van der Waals surface area contributed by atoms with Gasteiger partial charge < -0.3 is 20.3 Å². The molecule has 3 aliphatic heterocycles. The second kappa shape index (κ2) is 10.5. The van der Waals surface area contributed by atoms with Gasteiger partial charge in [-0.25, -0.2) is 0 Å². The van der Waals surface area contributed by atoms with Crippen molar-refractivity contribution in [1.82, 2.24) is 10.2 Å². The number of carbonyl (C=O) groups excluding carboxylic acids is 3. The van der Waals surface area contributed by atoms with Crippen LogP contribution in [0.1, 0.15) is 38.7 Å². The Morgan fingerprint density at radius 3 is 2.38 bits per heavy atom. The lowest BCUT2D eigenvalue weighted by Gasteiger charge is -2.38. The number of nitrogens with one attached hydrogen (secondary N) is 2. The van der Waals surface area contributed by atoms with E-state index >= 15 is 0 Å². The Bertz CT molecular complexity index is 1350. The molecule has 3 amide bonds. The summed E-state index contributed by atoms with van der Waals surface area (Å²) >= 11 is 12.1. The number of anilines is 1. The summed E-state index contributed by atoms with van der Waals surface area (Å²) in [6.45, 7) is 4.60. The van der Waals surface area contributed by atoms with E-state index in [0.717, 1.165) is 24.8 Å². The van der Waals surface area contributed by atoms with E-state index in [1.165, 1.54) is 0 Å². The molecule has 2 aromatic rings. The van der Waals surface area contributed by atoms with Crippen molar-refractivity contribution in [2.45, 2.75) is 63.4 Å². The fraction of sp³-hybridized carbons (Fsp3) is 0.452. The number of likely N-dealkylation sites (tertiary alicyclic amines) is 1. The molecule has 40 heavy (non-hydrogen) atoms. The zero-order valence-electron chi connectivity index (χ0n) is 22.5. The highest BCUT2D eigenvalue weighted by Gasteiger charge is 2.72. The Kier molecular flexibility index (Phi) is 7.18. The number of benzene rings is 2. The third kappa shape index (κ3) is 4.62. The highest BCUT2D eigenvalue weighted by atomic mass is 35.5. The number of carbonyl (C=O) groups is 3. The molecular formula is C31H33Cl2N3O4. The Balaban J connectivity index is 1.32. The smallest absolute Gasteiger partial charge is 0.246 e. The number of hydrogen-bond acceptors (Lipinski definition) is 4. The summed E-state index contributed by atoms with van der Waals surface area (Å²) in [7, 11) is 0. The normalized spacial score (nSPS) is 34.1. The molecule has 4 aliphatic rings. The maximum absolute atomic E-state index is 14.2. The van der Waals surface area contributed by atoms with Crippen LogP contribution in [0.4, 0.5) is 5.69 Å². The van der Waals surface area contributed by atoms with Crippen molar-refractivity contribution in [3.05, 3.63) is 76.3 Å². The molecule has 2 bridgehead atoms. The zero-order chi connectivity index (χ0) is 28.2. The predicted octanol–water partition coefficient (Wildman–Crippen LogP) is 5.22. The van der Waals surface area contributed by atoms with Gasteiger partial charge >= 0.3 is 0 Å². The van der Waals surface area contributed by atoms with Gasteiger partial charge in [0.1, 0.15) is 11.6 Å². The molecule has 6 rings (SSSR count). The van der Waals surface area contributed by atoms with Gasteiger partial charge in [-0.2, -0.15) is 0 Å². The lowest BCUT2D eigenvalue weighted by molar-refractivity contribution is -0.142. The molecule has 1 spiro atoms. The topological polar surface area (TPSA) is 87.7 Å². The van der Waals surface area contributed by atoms with Gasteiger partial charge in [-0.3, -0.25) is 14.4 Å². The van der Waals surface area contributed by atoms with Crippen LogP contribution in [0.25, 0.3) is 0 Å². The molecule has 3 heterocycles. The summed E-state index contributed by atoms with van der Waals surface area (Å²) in [4.78, 5) is 43.5. The van der Waals surface area contributed by atoms with Crippen LogP contribution in [-0.4, -0.2) is 46.4 Å². The Labute approximate surface area is 244 Å². The summed E-state index contributed by atoms with van der Waals surface area (Å²) in [6.07, 6.45) is 6.16. The quantitative estimate of drug-likeness (QED) is 0.457. The molecule has 0 radical (unpaired) electrons. The first-order chi connectivity index (χ1) is 19.2. The predicted molar refractivity (Wildman–Crippen MR) is 154 cm³/mol. The van der Waals surface area contributed by atoms with Gasteiger partial charge in [-0.1, -0.05) is 74.2 Å². The number of rotatable bonds is 6. The van der Waals surface area contributed by atoms with Crippen LogP contribution in [0.2, 0.25) is 10.0 Å². The molecular weight excluding hydrogens is 549 g/mol. The highest BCUT2D eigenvalue weighted by molar-refractivity contribution is 6.30. The summed E-state index contributed by atoms with van der Waals surface area (Å²) in [5.74, 6) is -1.59. The van der Waals surface area contributed by atoms with Gasteiger partial charge in [-0.15, -0.1) is 0 Å². The average molecular weight is 583 g/mol. The van der Waals surface area contributed by atoms with Crippen molar-refractivity contribution >= 4 is 46.6 Å². The highest BCUT2D eigenvalue weighted by Crippen LogP contribution is 2.55. The van der Waals surface area contributed by atoms with Crippen LogP contribution in [0.5, 0.6) is 0 Å². The average Bonchev–Trinajstić information content (AvgIpc) is 3.57. The second-order valence-electron chi connectivity index (χ2n) is 11.7. The van der Waals surface area contributed by atoms with Crippen molar-refractivity contribution in [3.8, 4) is 0 Å². The second-order valence-corrected chi connectivity index (χ2v) is 12.5. The number of amides is 3. The van der Waals surface area contributed by atoms with Gasteiger partial charge in [0.25, 0.3) is 0 Å². The van der Waals surface area contributed by atoms with Gasteiger partial charge in [0.2, 0.25) is 17.7 Å². The van der Waals surface area contributed by atoms with E-state index in [1.807, 2.05) is 24.3 Å². The lowest BCUT2D eigenvalue weighted by atomic mass is 9.73. The van der Waals surface area contributed by atoms with E-state index in [1.54, 1.807) is 41.3 Å². The van der Waals surface area contributed by atoms with Crippen LogP contribution in [0, 0.1) is 23.7 Å². The molecule has 0 aromatic heterocycles. The molecule has 2 aromatic carbocycles. The number of halogens is 2. The Morgan fingerprint density at radius 1 is 1.00 bits per heavy atom. The number of fused-ring (bicyclic) bond motifs is 1. The maximum Gasteiger partial charge on any atom is 0.246 e. The van der Waals surface area contributed by atoms with Crippen molar-refractivity contribution in [1.29, 1.82) is 0 Å². The van der Waals surface area contributed by atoms with Gasteiger partial charge in [0, 0.05) is 28.3 Å². The van der Waals surface area contributed by atoms with Gasteiger partial charge in [0.15, 0.2) is 0 Å². The van der Waals surface area contributed by atoms with E-state index in [2.05, 4.69) is 24.5 Å². The van der Waals surface area contributed by atoms with Crippen LogP contribution >= 0.6 is 23.2 Å². The van der Waals surface area contributed by atoms with Gasteiger partial charge in [0.05, 0.1) is 17.9 Å². The number of nitrogens with zero attached hydrogens (tertiary/aromatic N) is 1. The van der Waals surface area contributed by atoms with E-state index in [-0.39, 0.29) is 30.3 Å². The molecule has 0 unspecified atom stereocenters. The van der Waals surface area contributed by atoms with Crippen molar-refractivity contribution in [3.63, 3.8) is 0 Å². The molecule has 9 heteroatoms. The lowest BCUT2D eigenvalue weighted by Crippen LogP contribution is -2.57. The van der Waals surface area contributed by atoms with Crippen molar-refractivity contribution in [2.24, 2.45) is 23.7 Å². The fourth-order valence-corrected chi connectivity index (χ4v) is 7.28. The minimum Gasteiger partial charge on any atom is -0.359 e. The first kappa shape index (κ1) is 27.3. The monoisotopic (exact) mass is 581 g/mol. The third-order valence-corrected chi connectivity index (χ3v) is 9.84. The summed E-state index contributed by atoms with van der Waals surface area (Å²) in [5, 5.41) is 7.35. The van der Waals surface area contributed by atoms with Crippen LogP contribution in [0.3, 0.4) is 0 Å². The number of hydrogen-bond donors (Lipinski definition) is 2. The largest absolute Gasteiger partial charge is 0.359 e. The van der Waals surface area contributed by atoms with E-state index < -0.39 is 29.6 Å². The summed E-state index contributed by atoms with van der Waals surface area (Å²) < 4.78 is 6.47. The molecule has 2 saturated heterocycles. The molecule has 2 N–H and O–H groups in total. The standard InChI is InChI=1S/C31H33Cl2N3O4/c1-17-4-3-5-23(18(17)2)35-29(38)27-31-15-14-24(40-31)25(28(37)34-22-12-10-21(33)11-13-22)26(31)30(39)36(27)16-19-6-8-20(32)9-7-19/h6-15,17-18,23-27H,3-5,16H2,1-2H3,(H,34,37)(H,35,38)/t17-,18-,23+,24-,25-,26-,27+,31+/m1/s1. The summed E-state index contributed by atoms with van der Waals surface area (Å²) in [6, 6.07) is 13.2. The van der Waals surface area contributed by atoms with Crippen LogP contribution in [0.15, 0.2) is 60.7 Å². The molecule has 8 atom stereocenters.